The summed E-state index contributed by atoms with van der Waals surface area (Å²) in [4.78, 5) is 5.64. The first-order chi connectivity index (χ1) is 9.48. The molecule has 1 N–H and O–H groups in total. The quantitative estimate of drug-likeness (QED) is 0.845. The lowest BCUT2D eigenvalue weighted by atomic mass is 9.80. The summed E-state index contributed by atoms with van der Waals surface area (Å²) in [5, 5.41) is 0.737. The van der Waals surface area contributed by atoms with Gasteiger partial charge < -0.3 is 14.5 Å². The largest absolute Gasteiger partial charge is 0.329 e. The molecule has 0 unspecified atom stereocenters. The predicted molar refractivity (Wildman–Crippen MR) is 87.0 cm³/mol. The Hall–Kier alpha value is -0.840. The summed E-state index contributed by atoms with van der Waals surface area (Å²) in [7, 11) is 2.19. The molecule has 0 atom stereocenters. The second-order valence-corrected chi connectivity index (χ2v) is 7.06. The van der Waals surface area contributed by atoms with Gasteiger partial charge in [0.25, 0.3) is 0 Å². The molecule has 0 saturated carbocycles. The molecule has 0 bridgehead atoms. The van der Waals surface area contributed by atoms with E-state index in [2.05, 4.69) is 34.5 Å². The molecule has 0 aliphatic carbocycles. The van der Waals surface area contributed by atoms with Crippen molar-refractivity contribution in [3.05, 3.63) is 28.0 Å². The van der Waals surface area contributed by atoms with Crippen LogP contribution in [-0.2, 0) is 6.54 Å². The zero-order chi connectivity index (χ0) is 14.3. The summed E-state index contributed by atoms with van der Waals surface area (Å²) in [6, 6.07) is 5.98. The number of hydrogen-bond acceptors (Lipinski definition) is 2. The van der Waals surface area contributed by atoms with Gasteiger partial charge >= 0.3 is 0 Å². The lowest BCUT2D eigenvalue weighted by molar-refractivity contribution is 0.121. The number of hydrogen-bond donors (Lipinski definition) is 1. The number of aromatic nitrogens is 2. The highest BCUT2D eigenvalue weighted by atomic mass is 35.5. The Morgan fingerprint density at radius 2 is 2.05 bits per heavy atom. The smallest absolute Gasteiger partial charge is 0.178 e. The van der Waals surface area contributed by atoms with Crippen LogP contribution in [0.2, 0.25) is 5.02 Å². The zero-order valence-corrected chi connectivity index (χ0v) is 13.5. The number of fused-ring (bicyclic) bond motifs is 1. The molecule has 2 aromatic rings. The molecule has 1 saturated heterocycles. The van der Waals surface area contributed by atoms with Crippen LogP contribution in [0, 0.1) is 10.2 Å². The molecule has 3 nitrogen and oxygen atoms in total. The lowest BCUT2D eigenvalue weighted by Gasteiger charge is -2.38. The topological polar surface area (TPSA) is 24.0 Å². The van der Waals surface area contributed by atoms with Gasteiger partial charge in [0.05, 0.1) is 16.1 Å². The van der Waals surface area contributed by atoms with Gasteiger partial charge in [-0.2, -0.15) is 0 Å². The Morgan fingerprint density at radius 1 is 1.35 bits per heavy atom. The Labute approximate surface area is 129 Å². The van der Waals surface area contributed by atoms with Crippen molar-refractivity contribution < 1.29 is 0 Å². The highest BCUT2D eigenvalue weighted by molar-refractivity contribution is 7.71. The fraction of sp³-hybridized carbons (Fsp3) is 0.533. The number of imidazole rings is 1. The van der Waals surface area contributed by atoms with Gasteiger partial charge in [0.1, 0.15) is 0 Å². The molecule has 1 aromatic carbocycles. The van der Waals surface area contributed by atoms with Gasteiger partial charge in [-0.1, -0.05) is 24.6 Å². The van der Waals surface area contributed by atoms with Crippen LogP contribution in [0.1, 0.15) is 19.8 Å². The molecular formula is C15H20ClN3S. The molecule has 5 heteroatoms. The van der Waals surface area contributed by atoms with Crippen molar-refractivity contribution in [1.29, 1.82) is 0 Å². The first-order valence-electron chi connectivity index (χ1n) is 7.04. The molecule has 0 spiro atoms. The van der Waals surface area contributed by atoms with Crippen LogP contribution in [0.5, 0.6) is 0 Å². The van der Waals surface area contributed by atoms with E-state index in [1.807, 2.05) is 12.1 Å². The summed E-state index contributed by atoms with van der Waals surface area (Å²) < 4.78 is 2.98. The first kappa shape index (κ1) is 14.1. The van der Waals surface area contributed by atoms with Crippen molar-refractivity contribution in [2.75, 3.05) is 20.1 Å². The second-order valence-electron chi connectivity index (χ2n) is 6.26. The predicted octanol–water partition coefficient (Wildman–Crippen LogP) is 4.08. The van der Waals surface area contributed by atoms with Crippen LogP contribution < -0.4 is 0 Å². The average Bonchev–Trinajstić information content (AvgIpc) is 2.72. The molecule has 1 aromatic heterocycles. The Bertz CT molecular complexity index is 680. The monoisotopic (exact) mass is 309 g/mol. The van der Waals surface area contributed by atoms with Gasteiger partial charge in [-0.25, -0.2) is 0 Å². The third-order valence-corrected chi connectivity index (χ3v) is 5.13. The molecule has 1 fully saturated rings. The van der Waals surface area contributed by atoms with Gasteiger partial charge in [-0.3, -0.25) is 0 Å². The number of halogens is 1. The number of benzene rings is 1. The molecule has 1 aliphatic heterocycles. The molecule has 3 rings (SSSR count). The van der Waals surface area contributed by atoms with Gasteiger partial charge in [0, 0.05) is 6.54 Å². The number of piperidine rings is 1. The van der Waals surface area contributed by atoms with Crippen molar-refractivity contribution in [3.63, 3.8) is 0 Å². The minimum atomic E-state index is 0.308. The maximum Gasteiger partial charge on any atom is 0.178 e. The van der Waals surface area contributed by atoms with E-state index < -0.39 is 0 Å². The molecule has 1 aliphatic rings. The van der Waals surface area contributed by atoms with Crippen molar-refractivity contribution in [2.45, 2.75) is 26.3 Å². The third-order valence-electron chi connectivity index (χ3n) is 4.49. The third kappa shape index (κ3) is 2.52. The van der Waals surface area contributed by atoms with E-state index in [-0.39, 0.29) is 0 Å². The Kier molecular flexibility index (Phi) is 3.65. The van der Waals surface area contributed by atoms with E-state index in [1.54, 1.807) is 0 Å². The second kappa shape index (κ2) is 5.17. The van der Waals surface area contributed by atoms with E-state index in [0.29, 0.717) is 5.41 Å². The highest BCUT2D eigenvalue weighted by Gasteiger charge is 2.30. The number of nitrogens with zero attached hydrogens (tertiary/aromatic N) is 2. The van der Waals surface area contributed by atoms with Crippen LogP contribution in [0.25, 0.3) is 11.0 Å². The summed E-state index contributed by atoms with van der Waals surface area (Å²) in [6.07, 6.45) is 2.41. The average molecular weight is 310 g/mol. The fourth-order valence-electron chi connectivity index (χ4n) is 3.00. The zero-order valence-electron chi connectivity index (χ0n) is 11.9. The number of aromatic amines is 1. The van der Waals surface area contributed by atoms with Crippen LogP contribution in [0.4, 0.5) is 0 Å². The normalized spacial score (nSPS) is 19.6. The van der Waals surface area contributed by atoms with Gasteiger partial charge in [-0.15, -0.1) is 0 Å². The van der Waals surface area contributed by atoms with Crippen LogP contribution in [0.15, 0.2) is 18.2 Å². The summed E-state index contributed by atoms with van der Waals surface area (Å²) in [6.45, 7) is 5.64. The number of H-pyrrole nitrogens is 1. The molecule has 2 heterocycles. The van der Waals surface area contributed by atoms with Crippen LogP contribution in [0.3, 0.4) is 0 Å². The van der Waals surface area contributed by atoms with E-state index in [9.17, 15) is 0 Å². The van der Waals surface area contributed by atoms with Crippen molar-refractivity contribution in [1.82, 2.24) is 14.5 Å². The Morgan fingerprint density at radius 3 is 2.75 bits per heavy atom. The number of rotatable bonds is 2. The Balaban J connectivity index is 1.97. The molecule has 20 heavy (non-hydrogen) atoms. The maximum atomic E-state index is 6.24. The first-order valence-corrected chi connectivity index (χ1v) is 7.83. The molecule has 0 amide bonds. The van der Waals surface area contributed by atoms with Crippen molar-refractivity contribution in [3.8, 4) is 0 Å². The fourth-order valence-corrected chi connectivity index (χ4v) is 3.48. The van der Waals surface area contributed by atoms with Crippen LogP contribution in [-0.4, -0.2) is 34.6 Å². The highest BCUT2D eigenvalue weighted by Crippen LogP contribution is 2.34. The van der Waals surface area contributed by atoms with Gasteiger partial charge in [0.15, 0.2) is 4.77 Å². The maximum absolute atomic E-state index is 6.24. The number of nitrogens with one attached hydrogen (secondary N) is 1. The van der Waals surface area contributed by atoms with E-state index in [0.717, 1.165) is 40.5 Å². The van der Waals surface area contributed by atoms with Crippen molar-refractivity contribution in [2.24, 2.45) is 5.41 Å². The summed E-state index contributed by atoms with van der Waals surface area (Å²) >= 11 is 11.7. The van der Waals surface area contributed by atoms with Crippen LogP contribution >= 0.6 is 23.8 Å². The minimum Gasteiger partial charge on any atom is -0.329 e. The number of likely N-dealkylation sites (tertiary alicyclic amines) is 1. The van der Waals surface area contributed by atoms with E-state index in [4.69, 9.17) is 23.8 Å². The van der Waals surface area contributed by atoms with E-state index >= 15 is 0 Å². The van der Waals surface area contributed by atoms with Gasteiger partial charge in [0.2, 0.25) is 0 Å². The standard InChI is InChI=1S/C15H20ClN3S/c1-15(6-8-18(2)9-7-15)10-19-12-5-3-4-11(16)13(12)17-14(19)20/h3-5H,6-10H2,1-2H3,(H,17,20). The molecule has 108 valence electrons. The lowest BCUT2D eigenvalue weighted by Crippen LogP contribution is -2.38. The molecule has 0 radical (unpaired) electrons. The van der Waals surface area contributed by atoms with Crippen molar-refractivity contribution >= 4 is 34.9 Å². The summed E-state index contributed by atoms with van der Waals surface area (Å²) in [5.74, 6) is 0. The molecular weight excluding hydrogens is 290 g/mol. The SMILES string of the molecule is CN1CCC(C)(Cn2c(=S)[nH]c3c(Cl)cccc32)CC1. The van der Waals surface area contributed by atoms with Gasteiger partial charge in [-0.05, 0) is 62.7 Å². The van der Waals surface area contributed by atoms with E-state index in [1.165, 1.54) is 12.8 Å². The minimum absolute atomic E-state index is 0.308. The number of para-hydroxylation sites is 1. The summed E-state index contributed by atoms with van der Waals surface area (Å²) in [5.41, 5.74) is 2.38.